The topological polar surface area (TPSA) is 73.2 Å². The van der Waals surface area contributed by atoms with Gasteiger partial charge < -0.3 is 0 Å². The van der Waals surface area contributed by atoms with Crippen LogP contribution < -0.4 is 11.0 Å². The number of benzene rings is 1. The molecule has 22 heavy (non-hydrogen) atoms. The minimum absolute atomic E-state index is 0.133. The Morgan fingerprint density at radius 2 is 2.09 bits per heavy atom. The van der Waals surface area contributed by atoms with E-state index in [0.717, 1.165) is 5.56 Å². The number of aromatic nitrogens is 2. The van der Waals surface area contributed by atoms with Gasteiger partial charge in [-0.3, -0.25) is 19.0 Å². The molecular weight excluding hydrogens is 302 g/mol. The van der Waals surface area contributed by atoms with Crippen molar-refractivity contribution in [3.63, 3.8) is 0 Å². The lowest BCUT2D eigenvalue weighted by Crippen LogP contribution is -2.32. The Morgan fingerprint density at radius 3 is 2.91 bits per heavy atom. The van der Waals surface area contributed by atoms with Crippen molar-refractivity contribution in [1.82, 2.24) is 15.0 Å². The minimum Gasteiger partial charge on any atom is -0.289 e. The number of hydroxylamine groups is 1. The molecule has 0 saturated carbocycles. The second-order valence-corrected chi connectivity index (χ2v) is 5.51. The quantitative estimate of drug-likeness (QED) is 0.727. The lowest BCUT2D eigenvalue weighted by molar-refractivity contribution is -0.135. The van der Waals surface area contributed by atoms with Crippen LogP contribution in [-0.2, 0) is 22.8 Å². The number of fused-ring (bicyclic) bond motifs is 1. The van der Waals surface area contributed by atoms with E-state index >= 15 is 0 Å². The molecular formula is C15H13N3O3S. The number of carbonyl (C=O) groups is 1. The summed E-state index contributed by atoms with van der Waals surface area (Å²) in [6.07, 6.45) is 1.37. The lowest BCUT2D eigenvalue weighted by Gasteiger charge is -2.07. The minimum atomic E-state index is -0.408. The first-order chi connectivity index (χ1) is 10.7. The van der Waals surface area contributed by atoms with Crippen molar-refractivity contribution in [2.75, 3.05) is 0 Å². The van der Waals surface area contributed by atoms with Crippen molar-refractivity contribution < 1.29 is 9.63 Å². The Kier molecular flexibility index (Phi) is 4.27. The Hall–Kier alpha value is -2.51. The summed E-state index contributed by atoms with van der Waals surface area (Å²) in [5, 5.41) is 2.32. The standard InChI is InChI=1S/C15H13N3O3S/c19-13(17-21-9-11-4-2-1-3-5-11)8-18-10-16-14-12(15(18)20)6-7-22-14/h1-7,10H,8-9H2,(H,17,19). The van der Waals surface area contributed by atoms with Gasteiger partial charge in [0.15, 0.2) is 0 Å². The SMILES string of the molecule is O=C(Cn1cnc2sccc2c1=O)NOCc1ccccc1. The highest BCUT2D eigenvalue weighted by Gasteiger charge is 2.08. The molecule has 3 aromatic rings. The summed E-state index contributed by atoms with van der Waals surface area (Å²) in [6.45, 7) is 0.135. The number of hydrogen-bond donors (Lipinski definition) is 1. The zero-order valence-electron chi connectivity index (χ0n) is 11.6. The van der Waals surface area contributed by atoms with Crippen LogP contribution in [0.25, 0.3) is 10.2 Å². The maximum atomic E-state index is 12.1. The smallest absolute Gasteiger partial charge is 0.263 e. The average molecular weight is 315 g/mol. The van der Waals surface area contributed by atoms with E-state index in [1.54, 1.807) is 11.4 Å². The third-order valence-electron chi connectivity index (χ3n) is 3.03. The van der Waals surface area contributed by atoms with Gasteiger partial charge in [0.05, 0.1) is 18.3 Å². The normalized spacial score (nSPS) is 10.7. The summed E-state index contributed by atoms with van der Waals surface area (Å²) >= 11 is 1.39. The number of carbonyl (C=O) groups excluding carboxylic acids is 1. The average Bonchev–Trinajstić information content (AvgIpc) is 3.01. The molecule has 0 aliphatic rings. The molecule has 0 saturated heterocycles. The zero-order valence-corrected chi connectivity index (χ0v) is 12.4. The van der Waals surface area contributed by atoms with Crippen LogP contribution in [0.5, 0.6) is 0 Å². The van der Waals surface area contributed by atoms with E-state index in [0.29, 0.717) is 10.2 Å². The zero-order chi connectivity index (χ0) is 15.4. The monoisotopic (exact) mass is 315 g/mol. The molecule has 1 amide bonds. The molecule has 112 valence electrons. The number of hydrogen-bond acceptors (Lipinski definition) is 5. The largest absolute Gasteiger partial charge is 0.289 e. The fourth-order valence-corrected chi connectivity index (χ4v) is 2.69. The molecule has 0 unspecified atom stereocenters. The van der Waals surface area contributed by atoms with Gasteiger partial charge in [0.2, 0.25) is 0 Å². The molecule has 0 spiro atoms. The van der Waals surface area contributed by atoms with E-state index in [4.69, 9.17) is 4.84 Å². The molecule has 0 bridgehead atoms. The molecule has 0 fully saturated rings. The summed E-state index contributed by atoms with van der Waals surface area (Å²) in [4.78, 5) is 33.9. The third kappa shape index (κ3) is 3.21. The molecule has 6 nitrogen and oxygen atoms in total. The maximum absolute atomic E-state index is 12.1. The van der Waals surface area contributed by atoms with Gasteiger partial charge in [-0.15, -0.1) is 11.3 Å². The Morgan fingerprint density at radius 1 is 1.27 bits per heavy atom. The summed E-state index contributed by atoms with van der Waals surface area (Å²) < 4.78 is 1.26. The van der Waals surface area contributed by atoms with Crippen molar-refractivity contribution in [2.24, 2.45) is 0 Å². The second-order valence-electron chi connectivity index (χ2n) is 4.62. The summed E-state index contributed by atoms with van der Waals surface area (Å²) in [6, 6.07) is 11.2. The van der Waals surface area contributed by atoms with Crippen molar-refractivity contribution in [1.29, 1.82) is 0 Å². The van der Waals surface area contributed by atoms with Crippen LogP contribution in [0.3, 0.4) is 0 Å². The number of nitrogens with zero attached hydrogens (tertiary/aromatic N) is 2. The first-order valence-electron chi connectivity index (χ1n) is 6.61. The van der Waals surface area contributed by atoms with Crippen LogP contribution >= 0.6 is 11.3 Å². The first kappa shape index (κ1) is 14.4. The fourth-order valence-electron chi connectivity index (χ4n) is 1.97. The number of rotatable bonds is 5. The molecule has 2 aromatic heterocycles. The van der Waals surface area contributed by atoms with Crippen molar-refractivity contribution >= 4 is 27.5 Å². The van der Waals surface area contributed by atoms with Crippen LogP contribution in [0, 0.1) is 0 Å². The summed E-state index contributed by atoms with van der Waals surface area (Å²) in [5.74, 6) is -0.408. The predicted molar refractivity (Wildman–Crippen MR) is 83.3 cm³/mol. The van der Waals surface area contributed by atoms with Gasteiger partial charge in [-0.25, -0.2) is 10.5 Å². The number of nitrogens with one attached hydrogen (secondary N) is 1. The van der Waals surface area contributed by atoms with Gasteiger partial charge in [-0.05, 0) is 17.0 Å². The van der Waals surface area contributed by atoms with E-state index in [2.05, 4.69) is 10.5 Å². The fraction of sp³-hybridized carbons (Fsp3) is 0.133. The predicted octanol–water partition coefficient (Wildman–Crippen LogP) is 1.71. The van der Waals surface area contributed by atoms with Crippen molar-refractivity contribution in [3.8, 4) is 0 Å². The number of thiophene rings is 1. The Labute approximate surface area is 129 Å². The van der Waals surface area contributed by atoms with E-state index in [1.807, 2.05) is 30.3 Å². The van der Waals surface area contributed by atoms with Crippen LogP contribution in [0.4, 0.5) is 0 Å². The molecule has 7 heteroatoms. The Bertz CT molecular complexity index is 842. The second kappa shape index (κ2) is 6.50. The van der Waals surface area contributed by atoms with Gasteiger partial charge in [0, 0.05) is 0 Å². The highest BCUT2D eigenvalue weighted by atomic mass is 32.1. The summed E-state index contributed by atoms with van der Waals surface area (Å²) in [7, 11) is 0. The lowest BCUT2D eigenvalue weighted by atomic mass is 10.2. The van der Waals surface area contributed by atoms with Crippen molar-refractivity contribution in [3.05, 3.63) is 64.0 Å². The van der Waals surface area contributed by atoms with Crippen molar-refractivity contribution in [2.45, 2.75) is 13.2 Å². The molecule has 0 atom stereocenters. The van der Waals surface area contributed by atoms with E-state index in [-0.39, 0.29) is 18.7 Å². The Balaban J connectivity index is 1.59. The van der Waals surface area contributed by atoms with Gasteiger partial charge in [-0.1, -0.05) is 30.3 Å². The van der Waals surface area contributed by atoms with E-state index < -0.39 is 5.91 Å². The molecule has 0 aliphatic heterocycles. The van der Waals surface area contributed by atoms with Gasteiger partial charge in [-0.2, -0.15) is 0 Å². The van der Waals surface area contributed by atoms with E-state index in [1.165, 1.54) is 22.2 Å². The molecule has 1 N–H and O–H groups in total. The molecule has 0 aliphatic carbocycles. The molecule has 0 radical (unpaired) electrons. The highest BCUT2D eigenvalue weighted by molar-refractivity contribution is 7.16. The summed E-state index contributed by atoms with van der Waals surface area (Å²) in [5.41, 5.74) is 3.04. The van der Waals surface area contributed by atoms with E-state index in [9.17, 15) is 9.59 Å². The molecule has 3 rings (SSSR count). The van der Waals surface area contributed by atoms with Crippen LogP contribution in [0.15, 0.2) is 52.9 Å². The molecule has 2 heterocycles. The highest BCUT2D eigenvalue weighted by Crippen LogP contribution is 2.13. The third-order valence-corrected chi connectivity index (χ3v) is 3.85. The molecule has 1 aromatic carbocycles. The van der Waals surface area contributed by atoms with Crippen LogP contribution in [0.1, 0.15) is 5.56 Å². The maximum Gasteiger partial charge on any atom is 0.263 e. The number of amides is 1. The first-order valence-corrected chi connectivity index (χ1v) is 7.49. The van der Waals surface area contributed by atoms with Gasteiger partial charge >= 0.3 is 0 Å². The van der Waals surface area contributed by atoms with Crippen LogP contribution in [0.2, 0.25) is 0 Å². The van der Waals surface area contributed by atoms with Gasteiger partial charge in [0.1, 0.15) is 11.4 Å². The van der Waals surface area contributed by atoms with Gasteiger partial charge in [0.25, 0.3) is 11.5 Å². The van der Waals surface area contributed by atoms with Crippen LogP contribution in [-0.4, -0.2) is 15.5 Å².